The minimum Gasteiger partial charge on any atom is -0.490 e. The molecule has 0 aromatic heterocycles. The molecule has 1 saturated carbocycles. The van der Waals surface area contributed by atoms with Gasteiger partial charge in [0.25, 0.3) is 5.91 Å². The van der Waals surface area contributed by atoms with Crippen LogP contribution in [0, 0.1) is 23.7 Å². The molecule has 2 amide bonds. The molecule has 9 nitrogen and oxygen atoms in total. The van der Waals surface area contributed by atoms with E-state index in [9.17, 15) is 31.2 Å². The number of halogens is 4. The molecule has 290 valence electrons. The normalized spacial score (nSPS) is 31.1. The monoisotopic (exact) mass is 779 g/mol. The minimum atomic E-state index is -4.45. The van der Waals surface area contributed by atoms with Gasteiger partial charge < -0.3 is 19.7 Å². The first-order valence-electron chi connectivity index (χ1n) is 18.4. The smallest absolute Gasteiger partial charge is 0.393 e. The predicted octanol–water partition coefficient (Wildman–Crippen LogP) is 6.97. The van der Waals surface area contributed by atoms with Crippen molar-refractivity contribution >= 4 is 39.1 Å². The average molecular weight is 780 g/mol. The lowest BCUT2D eigenvalue weighted by Crippen LogP contribution is -2.54. The summed E-state index contributed by atoms with van der Waals surface area (Å²) in [4.78, 5) is 29.2. The molecule has 2 N–H and O–H groups in total. The molecule has 4 aliphatic rings. The Balaban J connectivity index is 1.41. The molecule has 0 radical (unpaired) electrons. The Morgan fingerprint density at radius 2 is 1.96 bits per heavy atom. The Morgan fingerprint density at radius 1 is 1.19 bits per heavy atom. The maximum atomic E-state index is 13.6. The van der Waals surface area contributed by atoms with Crippen molar-refractivity contribution in [1.82, 2.24) is 10.0 Å². The van der Waals surface area contributed by atoms with Gasteiger partial charge in [0.2, 0.25) is 15.9 Å². The number of hydrogen-bond donors (Lipinski definition) is 2. The number of nitrogens with zero attached hydrogens (tertiary/aromatic N) is 1. The van der Waals surface area contributed by atoms with Gasteiger partial charge in [-0.1, -0.05) is 43.7 Å². The minimum absolute atomic E-state index is 0.000101. The fourth-order valence-corrected chi connectivity index (χ4v) is 10.0. The van der Waals surface area contributed by atoms with Crippen LogP contribution in [-0.2, 0) is 31.4 Å². The molecule has 6 rings (SSSR count). The number of fused-ring (bicyclic) bond motifs is 4. The van der Waals surface area contributed by atoms with Crippen LogP contribution in [0.1, 0.15) is 80.8 Å². The number of nitrogens with one attached hydrogen (secondary N) is 2. The van der Waals surface area contributed by atoms with Crippen molar-refractivity contribution in [3.63, 3.8) is 0 Å². The second-order valence-corrected chi connectivity index (χ2v) is 18.1. The largest absolute Gasteiger partial charge is 0.490 e. The Morgan fingerprint density at radius 3 is 2.66 bits per heavy atom. The Hall–Kier alpha value is -3.29. The number of alkyl halides is 3. The number of carbonyl (C=O) groups is 2. The van der Waals surface area contributed by atoms with Gasteiger partial charge in [-0.25, -0.2) is 13.1 Å². The van der Waals surface area contributed by atoms with E-state index in [4.69, 9.17) is 21.1 Å². The molecular formula is C39H49ClF3N3O6S. The zero-order valence-corrected chi connectivity index (χ0v) is 32.2. The molecule has 53 heavy (non-hydrogen) atoms. The van der Waals surface area contributed by atoms with E-state index in [0.717, 1.165) is 43.7 Å². The van der Waals surface area contributed by atoms with Crippen LogP contribution >= 0.6 is 11.6 Å². The maximum Gasteiger partial charge on any atom is 0.393 e. The van der Waals surface area contributed by atoms with Crippen LogP contribution in [0.25, 0.3) is 0 Å². The van der Waals surface area contributed by atoms with Gasteiger partial charge >= 0.3 is 6.18 Å². The van der Waals surface area contributed by atoms with E-state index in [1.165, 1.54) is 7.11 Å². The van der Waals surface area contributed by atoms with Crippen molar-refractivity contribution in [2.45, 2.75) is 88.2 Å². The van der Waals surface area contributed by atoms with Gasteiger partial charge in [-0.05, 0) is 105 Å². The first kappa shape index (κ1) is 39.4. The number of rotatable bonds is 5. The highest BCUT2D eigenvalue weighted by molar-refractivity contribution is 7.90. The fourth-order valence-electron chi connectivity index (χ4n) is 8.53. The molecule has 2 bridgehead atoms. The number of carbonyl (C=O) groups excluding carboxylic acids is 2. The average Bonchev–Trinajstić information content (AvgIpc) is 3.24. The predicted molar refractivity (Wildman–Crippen MR) is 198 cm³/mol. The first-order valence-corrected chi connectivity index (χ1v) is 20.3. The molecule has 1 fully saturated rings. The second kappa shape index (κ2) is 15.1. The molecule has 14 heteroatoms. The summed E-state index contributed by atoms with van der Waals surface area (Å²) in [5.41, 5.74) is 1.58. The second-order valence-electron chi connectivity index (χ2n) is 15.6. The summed E-state index contributed by atoms with van der Waals surface area (Å²) in [6.07, 6.45) is 3.43. The molecule has 0 unspecified atom stereocenters. The summed E-state index contributed by atoms with van der Waals surface area (Å²) in [6.45, 7) is 5.21. The molecule has 2 aliphatic heterocycles. The Labute approximate surface area is 315 Å². The first-order chi connectivity index (χ1) is 25.0. The van der Waals surface area contributed by atoms with Gasteiger partial charge in [0.1, 0.15) is 5.75 Å². The van der Waals surface area contributed by atoms with Gasteiger partial charge in [0.05, 0.1) is 35.5 Å². The van der Waals surface area contributed by atoms with Gasteiger partial charge in [-0.2, -0.15) is 13.2 Å². The summed E-state index contributed by atoms with van der Waals surface area (Å²) in [5, 5.41) is 2.19. The van der Waals surface area contributed by atoms with E-state index in [2.05, 4.69) is 21.0 Å². The molecule has 7 atom stereocenters. The molecule has 2 heterocycles. The van der Waals surface area contributed by atoms with Gasteiger partial charge in [0.15, 0.2) is 0 Å². The molecular weight excluding hydrogens is 731 g/mol. The highest BCUT2D eigenvalue weighted by atomic mass is 35.5. The van der Waals surface area contributed by atoms with Crippen LogP contribution in [0.5, 0.6) is 5.75 Å². The topological polar surface area (TPSA) is 114 Å². The van der Waals surface area contributed by atoms with Crippen molar-refractivity contribution in [3.05, 3.63) is 70.3 Å². The van der Waals surface area contributed by atoms with E-state index < -0.39 is 62.7 Å². The number of sulfonamides is 1. The number of aryl methyl sites for hydroxylation is 1. The lowest BCUT2D eigenvalue weighted by molar-refractivity contribution is -0.169. The quantitative estimate of drug-likeness (QED) is 0.315. The lowest BCUT2D eigenvalue weighted by atomic mass is 9.62. The molecule has 2 aromatic rings. The van der Waals surface area contributed by atoms with E-state index in [1.54, 1.807) is 44.2 Å². The van der Waals surface area contributed by atoms with Gasteiger partial charge in [-0.3, -0.25) is 9.59 Å². The molecule has 0 saturated heterocycles. The maximum absolute atomic E-state index is 13.6. The number of hydrogen-bond acceptors (Lipinski definition) is 7. The number of benzene rings is 2. The fraction of sp³-hybridized carbons (Fsp3) is 0.590. The summed E-state index contributed by atoms with van der Waals surface area (Å²) >= 11 is 6.43. The number of anilines is 1. The Kier molecular flexibility index (Phi) is 11.2. The Bertz CT molecular complexity index is 1860. The summed E-state index contributed by atoms with van der Waals surface area (Å²) in [6, 6.07) is 11.0. The summed E-state index contributed by atoms with van der Waals surface area (Å²) in [7, 11) is -2.59. The summed E-state index contributed by atoms with van der Waals surface area (Å²) < 4.78 is 81.9. The number of ether oxygens (including phenoxy) is 2. The van der Waals surface area contributed by atoms with Crippen molar-refractivity contribution in [3.8, 4) is 5.75 Å². The third kappa shape index (κ3) is 8.08. The van der Waals surface area contributed by atoms with Crippen LogP contribution < -0.4 is 19.7 Å². The van der Waals surface area contributed by atoms with E-state index >= 15 is 0 Å². The SMILES string of the molecule is CO[C@@]1(CC(=O)NC[C@H](C)C(F)(F)F)/C=C/C[C@H](C)[C@@H](C)S(=O)(=O)NC(=O)c2ccc3c(c2)N(C[C@@H]2CC[C@H]21)C[C@@]1(CCCc2cc(Cl)ccc21)CO3. The van der Waals surface area contributed by atoms with Crippen LogP contribution in [-0.4, -0.2) is 70.6 Å². The van der Waals surface area contributed by atoms with Crippen LogP contribution in [0.3, 0.4) is 0 Å². The number of methoxy groups -OCH3 is 1. The van der Waals surface area contributed by atoms with Crippen molar-refractivity contribution in [2.24, 2.45) is 23.7 Å². The third-order valence-electron chi connectivity index (χ3n) is 12.2. The van der Waals surface area contributed by atoms with E-state index in [1.807, 2.05) is 12.1 Å². The molecule has 2 aromatic carbocycles. The number of amides is 2. The zero-order valence-electron chi connectivity index (χ0n) is 30.6. The van der Waals surface area contributed by atoms with Crippen molar-refractivity contribution < 1.29 is 40.7 Å². The third-order valence-corrected chi connectivity index (χ3v) is 14.4. The van der Waals surface area contributed by atoms with E-state index in [-0.39, 0.29) is 23.8 Å². The van der Waals surface area contributed by atoms with Gasteiger partial charge in [0, 0.05) is 42.7 Å². The highest BCUT2D eigenvalue weighted by Gasteiger charge is 2.50. The van der Waals surface area contributed by atoms with Gasteiger partial charge in [-0.15, -0.1) is 0 Å². The lowest BCUT2D eigenvalue weighted by Gasteiger charge is -2.50. The van der Waals surface area contributed by atoms with Crippen molar-refractivity contribution in [1.29, 1.82) is 0 Å². The molecule has 2 aliphatic carbocycles. The van der Waals surface area contributed by atoms with Crippen LogP contribution in [0.4, 0.5) is 18.9 Å². The van der Waals surface area contributed by atoms with Crippen LogP contribution in [0.15, 0.2) is 48.6 Å². The zero-order chi connectivity index (χ0) is 38.3. The van der Waals surface area contributed by atoms with Crippen LogP contribution in [0.2, 0.25) is 5.02 Å². The standard InChI is InChI=1S/C39H49ClF3N3O6S/c1-24-7-5-16-38(51-4,19-35(47)44-20-25(2)39(41,42)43)32-12-9-29(32)21-46-22-37(15-6-8-27-17-30(40)11-13-31(27)37)23-52-34-14-10-28(18-33(34)46)36(48)45-53(49,50)26(24)3/h5,10-11,13-14,16-18,24-26,29,32H,6-9,12,15,19-23H2,1-4H3,(H,44,47)(H,45,48)/b16-5+/t24-,25-,26+,29-,32+,37-,38+/m0/s1. The van der Waals surface area contributed by atoms with E-state index in [0.29, 0.717) is 49.0 Å². The van der Waals surface area contributed by atoms with Crippen molar-refractivity contribution in [2.75, 3.05) is 38.3 Å². The molecule has 1 spiro atoms. The number of allylic oxidation sites excluding steroid dienone is 1. The summed E-state index contributed by atoms with van der Waals surface area (Å²) in [5.74, 6) is -3.06. The highest BCUT2D eigenvalue weighted by Crippen LogP contribution is 2.50.